The summed E-state index contributed by atoms with van der Waals surface area (Å²) in [5.74, 6) is 1.25. The Morgan fingerprint density at radius 3 is 2.41 bits per heavy atom. The van der Waals surface area contributed by atoms with E-state index >= 15 is 0 Å². The number of carbonyl (C=O) groups is 2. The van der Waals surface area contributed by atoms with Gasteiger partial charge in [-0.1, -0.05) is 31.2 Å². The molecule has 2 amide bonds. The summed E-state index contributed by atoms with van der Waals surface area (Å²) >= 11 is 0. The van der Waals surface area contributed by atoms with Crippen molar-refractivity contribution in [2.24, 2.45) is 11.8 Å². The molecule has 2 saturated heterocycles. The summed E-state index contributed by atoms with van der Waals surface area (Å²) in [6.07, 6.45) is 7.09. The minimum Gasteiger partial charge on any atom is -0.351 e. The molecule has 5 aliphatic rings. The molecule has 2 atom stereocenters. The monoisotopic (exact) mass is 364 g/mol. The summed E-state index contributed by atoms with van der Waals surface area (Å²) in [6.45, 7) is 4.17. The van der Waals surface area contributed by atoms with Gasteiger partial charge in [0.05, 0.1) is 0 Å². The SMILES string of the molecule is CC1(c2ccc([C@]34C[C@H]3CN(C(=O)[C@H]3C[C@]5(CCC(=O)N5)C3)C4)cc2)CC1. The number of hydrogen-bond donors (Lipinski definition) is 1. The van der Waals surface area contributed by atoms with Gasteiger partial charge < -0.3 is 10.2 Å². The lowest BCUT2D eigenvalue weighted by atomic mass is 9.67. The van der Waals surface area contributed by atoms with Gasteiger partial charge in [0, 0.05) is 36.4 Å². The molecule has 0 radical (unpaired) electrons. The van der Waals surface area contributed by atoms with Crippen molar-refractivity contribution in [1.82, 2.24) is 10.2 Å². The maximum atomic E-state index is 13.0. The van der Waals surface area contributed by atoms with Crippen LogP contribution in [-0.2, 0) is 20.4 Å². The third kappa shape index (κ3) is 2.28. The van der Waals surface area contributed by atoms with Crippen molar-refractivity contribution in [3.05, 3.63) is 35.4 Å². The Balaban J connectivity index is 1.13. The first-order valence-corrected chi connectivity index (χ1v) is 10.6. The van der Waals surface area contributed by atoms with Gasteiger partial charge in [-0.2, -0.15) is 0 Å². The molecule has 1 spiro atoms. The van der Waals surface area contributed by atoms with E-state index in [4.69, 9.17) is 0 Å². The number of hydrogen-bond acceptors (Lipinski definition) is 2. The van der Waals surface area contributed by atoms with Gasteiger partial charge in [0.15, 0.2) is 0 Å². The molecule has 3 aliphatic carbocycles. The van der Waals surface area contributed by atoms with Crippen LogP contribution >= 0.6 is 0 Å². The third-order valence-corrected chi connectivity index (χ3v) is 8.47. The highest BCUT2D eigenvalue weighted by atomic mass is 16.2. The fraction of sp³-hybridized carbons (Fsp3) is 0.652. The average molecular weight is 364 g/mol. The minimum atomic E-state index is -0.0491. The number of carbonyl (C=O) groups excluding carboxylic acids is 2. The molecule has 2 aliphatic heterocycles. The van der Waals surface area contributed by atoms with Crippen LogP contribution in [0.25, 0.3) is 0 Å². The highest BCUT2D eigenvalue weighted by Crippen LogP contribution is 2.60. The standard InChI is InChI=1S/C23H28N2O2/c1-21(8-9-21)16-2-4-17(5-3-16)23-12-18(23)13-25(14-23)20(27)15-10-22(11-15)7-6-19(26)24-22/h2-5,15,18H,6-14H2,1H3,(H,24,26)/t15-,18-,22+,23+/m0/s1. The highest BCUT2D eigenvalue weighted by Gasteiger charge is 2.63. The van der Waals surface area contributed by atoms with Crippen molar-refractivity contribution in [2.75, 3.05) is 13.1 Å². The second kappa shape index (κ2) is 4.95. The number of nitrogens with one attached hydrogen (secondary N) is 1. The number of amides is 2. The summed E-state index contributed by atoms with van der Waals surface area (Å²) in [4.78, 5) is 26.6. The molecule has 1 N–H and O–H groups in total. The van der Waals surface area contributed by atoms with Crippen LogP contribution in [-0.4, -0.2) is 35.3 Å². The number of nitrogens with zero attached hydrogens (tertiary/aromatic N) is 1. The Morgan fingerprint density at radius 1 is 1.07 bits per heavy atom. The summed E-state index contributed by atoms with van der Waals surface area (Å²) in [5, 5.41) is 3.11. The third-order valence-electron chi connectivity index (χ3n) is 8.47. The van der Waals surface area contributed by atoms with Crippen LogP contribution in [0.15, 0.2) is 24.3 Å². The van der Waals surface area contributed by atoms with Gasteiger partial charge in [0.2, 0.25) is 11.8 Å². The maximum absolute atomic E-state index is 13.0. The number of benzene rings is 1. The molecule has 0 unspecified atom stereocenters. The highest BCUT2D eigenvalue weighted by molar-refractivity contribution is 5.84. The summed E-state index contributed by atoms with van der Waals surface area (Å²) in [7, 11) is 0. The summed E-state index contributed by atoms with van der Waals surface area (Å²) in [5.41, 5.74) is 3.51. The molecule has 4 heteroatoms. The Labute approximate surface area is 160 Å². The lowest BCUT2D eigenvalue weighted by Gasteiger charge is -2.45. The van der Waals surface area contributed by atoms with Crippen LogP contribution in [0, 0.1) is 11.8 Å². The Bertz CT molecular complexity index is 834. The molecule has 142 valence electrons. The number of likely N-dealkylation sites (tertiary alicyclic amines) is 1. The van der Waals surface area contributed by atoms with Crippen molar-refractivity contribution in [3.63, 3.8) is 0 Å². The summed E-state index contributed by atoms with van der Waals surface area (Å²) in [6, 6.07) is 9.32. The normalized spacial score (nSPS) is 40.5. The van der Waals surface area contributed by atoms with Crippen LogP contribution in [0.3, 0.4) is 0 Å². The van der Waals surface area contributed by atoms with E-state index in [-0.39, 0.29) is 22.8 Å². The van der Waals surface area contributed by atoms with E-state index in [9.17, 15) is 9.59 Å². The molecule has 3 saturated carbocycles. The Hall–Kier alpha value is -1.84. The minimum absolute atomic E-state index is 0.0491. The molecule has 4 nitrogen and oxygen atoms in total. The molecular formula is C23H28N2O2. The van der Waals surface area contributed by atoms with Gasteiger partial charge in [-0.05, 0) is 61.0 Å². The summed E-state index contributed by atoms with van der Waals surface area (Å²) < 4.78 is 0. The van der Waals surface area contributed by atoms with Crippen LogP contribution < -0.4 is 5.32 Å². The molecule has 5 fully saturated rings. The van der Waals surface area contributed by atoms with Crippen LogP contribution in [0.2, 0.25) is 0 Å². The van der Waals surface area contributed by atoms with E-state index in [2.05, 4.69) is 41.4 Å². The Morgan fingerprint density at radius 2 is 1.78 bits per heavy atom. The molecule has 0 bridgehead atoms. The lowest BCUT2D eigenvalue weighted by Crippen LogP contribution is -2.56. The fourth-order valence-electron chi connectivity index (χ4n) is 6.17. The van der Waals surface area contributed by atoms with E-state index in [1.54, 1.807) is 0 Å². The van der Waals surface area contributed by atoms with Crippen molar-refractivity contribution in [3.8, 4) is 0 Å². The topological polar surface area (TPSA) is 49.4 Å². The molecule has 1 aromatic carbocycles. The van der Waals surface area contributed by atoms with Gasteiger partial charge in [0.1, 0.15) is 0 Å². The Kier molecular flexibility index (Phi) is 2.96. The van der Waals surface area contributed by atoms with Gasteiger partial charge in [-0.15, -0.1) is 0 Å². The molecule has 6 rings (SSSR count). The molecule has 1 aromatic rings. The van der Waals surface area contributed by atoms with Gasteiger partial charge >= 0.3 is 0 Å². The van der Waals surface area contributed by atoms with Crippen LogP contribution in [0.1, 0.15) is 63.0 Å². The molecule has 27 heavy (non-hydrogen) atoms. The van der Waals surface area contributed by atoms with Gasteiger partial charge in [0.25, 0.3) is 0 Å². The predicted octanol–water partition coefficient (Wildman–Crippen LogP) is 2.90. The van der Waals surface area contributed by atoms with Crippen molar-refractivity contribution in [2.45, 2.75) is 68.2 Å². The first-order valence-electron chi connectivity index (χ1n) is 10.6. The zero-order valence-corrected chi connectivity index (χ0v) is 16.1. The van der Waals surface area contributed by atoms with E-state index < -0.39 is 0 Å². The first kappa shape index (κ1) is 16.1. The van der Waals surface area contributed by atoms with Gasteiger partial charge in [-0.3, -0.25) is 9.59 Å². The number of piperidine rings is 1. The zero-order valence-electron chi connectivity index (χ0n) is 16.1. The second-order valence-corrected chi connectivity index (χ2v) is 10.3. The van der Waals surface area contributed by atoms with Crippen molar-refractivity contribution < 1.29 is 9.59 Å². The average Bonchev–Trinajstić information content (AvgIpc) is 3.46. The number of fused-ring (bicyclic) bond motifs is 1. The van der Waals surface area contributed by atoms with E-state index in [0.29, 0.717) is 23.7 Å². The second-order valence-electron chi connectivity index (χ2n) is 10.3. The smallest absolute Gasteiger partial charge is 0.225 e. The van der Waals surface area contributed by atoms with Crippen molar-refractivity contribution >= 4 is 11.8 Å². The first-order chi connectivity index (χ1) is 12.9. The molecule has 0 aromatic heterocycles. The fourth-order valence-corrected chi connectivity index (χ4v) is 6.17. The number of rotatable bonds is 3. The quantitative estimate of drug-likeness (QED) is 0.897. The maximum Gasteiger partial charge on any atom is 0.225 e. The van der Waals surface area contributed by atoms with Crippen LogP contribution in [0.5, 0.6) is 0 Å². The lowest BCUT2D eigenvalue weighted by molar-refractivity contribution is -0.141. The molecular weight excluding hydrogens is 336 g/mol. The van der Waals surface area contributed by atoms with E-state index in [0.717, 1.165) is 32.4 Å². The zero-order chi connectivity index (χ0) is 18.4. The van der Waals surface area contributed by atoms with Gasteiger partial charge in [-0.25, -0.2) is 0 Å². The van der Waals surface area contributed by atoms with Crippen LogP contribution in [0.4, 0.5) is 0 Å². The van der Waals surface area contributed by atoms with E-state index in [1.165, 1.54) is 30.4 Å². The largest absolute Gasteiger partial charge is 0.351 e. The predicted molar refractivity (Wildman–Crippen MR) is 102 cm³/mol. The van der Waals surface area contributed by atoms with Crippen molar-refractivity contribution in [1.29, 1.82) is 0 Å². The molecule has 2 heterocycles. The van der Waals surface area contributed by atoms with E-state index in [1.807, 2.05) is 0 Å².